The molecule has 1 heterocycles. The molecule has 0 saturated carbocycles. The minimum Gasteiger partial charge on any atom is -0.385 e. The van der Waals surface area contributed by atoms with E-state index in [0.717, 1.165) is 31.6 Å². The molecular formula is C9H15NOS. The van der Waals surface area contributed by atoms with Crippen molar-refractivity contribution in [1.82, 2.24) is 0 Å². The molecule has 1 fully saturated rings. The van der Waals surface area contributed by atoms with E-state index in [1.54, 1.807) is 7.11 Å². The first kappa shape index (κ1) is 9.88. The quantitative estimate of drug-likeness (QED) is 0.629. The molecule has 0 amide bonds. The van der Waals surface area contributed by atoms with Gasteiger partial charge < -0.3 is 4.74 Å². The first-order valence-corrected chi connectivity index (χ1v) is 5.36. The van der Waals surface area contributed by atoms with Gasteiger partial charge in [0.15, 0.2) is 0 Å². The third kappa shape index (κ3) is 2.40. The van der Waals surface area contributed by atoms with E-state index in [-0.39, 0.29) is 4.75 Å². The molecule has 12 heavy (non-hydrogen) atoms. The molecule has 68 valence electrons. The Morgan fingerprint density at radius 2 is 2.50 bits per heavy atom. The molecule has 0 aromatic heterocycles. The Balaban J connectivity index is 2.30. The maximum absolute atomic E-state index is 9.00. The second-order valence-corrected chi connectivity index (χ2v) is 4.63. The predicted molar refractivity (Wildman–Crippen MR) is 51.1 cm³/mol. The topological polar surface area (TPSA) is 33.0 Å². The molecule has 0 spiro atoms. The molecule has 0 aromatic rings. The Kier molecular flexibility index (Phi) is 3.90. The van der Waals surface area contributed by atoms with Gasteiger partial charge in [0.1, 0.15) is 4.75 Å². The first-order chi connectivity index (χ1) is 5.83. The van der Waals surface area contributed by atoms with Crippen LogP contribution in [0.1, 0.15) is 25.7 Å². The summed E-state index contributed by atoms with van der Waals surface area (Å²) >= 11 is 1.82. The Bertz CT molecular complexity index is 170. The van der Waals surface area contributed by atoms with Crippen LogP contribution in [0.2, 0.25) is 0 Å². The van der Waals surface area contributed by atoms with E-state index in [4.69, 9.17) is 10.00 Å². The Hall–Kier alpha value is -0.200. The highest BCUT2D eigenvalue weighted by Crippen LogP contribution is 2.40. The molecular weight excluding hydrogens is 170 g/mol. The number of rotatable bonds is 4. The van der Waals surface area contributed by atoms with Crippen LogP contribution in [0.15, 0.2) is 0 Å². The summed E-state index contributed by atoms with van der Waals surface area (Å²) in [7, 11) is 1.71. The van der Waals surface area contributed by atoms with Gasteiger partial charge in [-0.15, -0.1) is 11.8 Å². The lowest BCUT2D eigenvalue weighted by Gasteiger charge is -2.18. The van der Waals surface area contributed by atoms with Gasteiger partial charge in [0.25, 0.3) is 0 Å². The van der Waals surface area contributed by atoms with Crippen LogP contribution >= 0.6 is 11.8 Å². The monoisotopic (exact) mass is 185 g/mol. The zero-order valence-corrected chi connectivity index (χ0v) is 8.32. The number of nitriles is 1. The molecule has 0 N–H and O–H groups in total. The molecule has 1 atom stereocenters. The van der Waals surface area contributed by atoms with E-state index in [9.17, 15) is 0 Å². The summed E-state index contributed by atoms with van der Waals surface area (Å²) in [5.41, 5.74) is 0. The zero-order valence-electron chi connectivity index (χ0n) is 7.51. The average Bonchev–Trinajstić information content (AvgIpc) is 2.55. The third-order valence-electron chi connectivity index (χ3n) is 2.24. The number of thioether (sulfide) groups is 1. The van der Waals surface area contributed by atoms with Gasteiger partial charge in [-0.25, -0.2) is 0 Å². The molecule has 2 nitrogen and oxygen atoms in total. The molecule has 0 aromatic carbocycles. The minimum absolute atomic E-state index is 0.0709. The van der Waals surface area contributed by atoms with Gasteiger partial charge in [-0.3, -0.25) is 0 Å². The molecule has 3 heteroatoms. The first-order valence-electron chi connectivity index (χ1n) is 4.37. The van der Waals surface area contributed by atoms with Crippen LogP contribution in [0, 0.1) is 11.3 Å². The van der Waals surface area contributed by atoms with Crippen molar-refractivity contribution in [2.24, 2.45) is 0 Å². The van der Waals surface area contributed by atoms with Gasteiger partial charge in [0.05, 0.1) is 6.07 Å². The van der Waals surface area contributed by atoms with Crippen molar-refractivity contribution in [3.63, 3.8) is 0 Å². The molecule has 1 aliphatic heterocycles. The van der Waals surface area contributed by atoms with Crippen LogP contribution in [0.5, 0.6) is 0 Å². The van der Waals surface area contributed by atoms with Crippen molar-refractivity contribution in [2.75, 3.05) is 19.5 Å². The highest BCUT2D eigenvalue weighted by atomic mass is 32.2. The van der Waals surface area contributed by atoms with Gasteiger partial charge in [-0.2, -0.15) is 5.26 Å². The van der Waals surface area contributed by atoms with Crippen LogP contribution in [-0.4, -0.2) is 24.2 Å². The van der Waals surface area contributed by atoms with Crippen molar-refractivity contribution >= 4 is 11.8 Å². The van der Waals surface area contributed by atoms with Crippen LogP contribution < -0.4 is 0 Å². The summed E-state index contributed by atoms with van der Waals surface area (Å²) in [4.78, 5) is 0. The third-order valence-corrected chi connectivity index (χ3v) is 3.78. The standard InChI is InChI=1S/C9H15NOS/c1-11-6-2-4-9(8-10)5-3-7-12-9/h2-7H2,1H3. The normalized spacial score (nSPS) is 28.7. The summed E-state index contributed by atoms with van der Waals surface area (Å²) in [5, 5.41) is 9.00. The number of methoxy groups -OCH3 is 1. The van der Waals surface area contributed by atoms with E-state index in [2.05, 4.69) is 6.07 Å². The van der Waals surface area contributed by atoms with Crippen LogP contribution in [0.25, 0.3) is 0 Å². The van der Waals surface area contributed by atoms with Gasteiger partial charge in [-0.05, 0) is 31.4 Å². The van der Waals surface area contributed by atoms with Gasteiger partial charge in [0, 0.05) is 13.7 Å². The molecule has 1 saturated heterocycles. The second kappa shape index (κ2) is 4.74. The predicted octanol–water partition coefficient (Wildman–Crippen LogP) is 2.20. The van der Waals surface area contributed by atoms with Crippen molar-refractivity contribution in [1.29, 1.82) is 5.26 Å². The number of ether oxygens (including phenoxy) is 1. The van der Waals surface area contributed by atoms with Crippen LogP contribution in [0.4, 0.5) is 0 Å². The zero-order chi connectivity index (χ0) is 8.86. The lowest BCUT2D eigenvalue weighted by molar-refractivity contribution is 0.191. The van der Waals surface area contributed by atoms with Crippen LogP contribution in [-0.2, 0) is 4.74 Å². The SMILES string of the molecule is COCCCC1(C#N)CCCS1. The van der Waals surface area contributed by atoms with Gasteiger partial charge in [0.2, 0.25) is 0 Å². The van der Waals surface area contributed by atoms with Crippen molar-refractivity contribution in [3.05, 3.63) is 0 Å². The molecule has 1 aliphatic rings. The van der Waals surface area contributed by atoms with Crippen LogP contribution in [0.3, 0.4) is 0 Å². The lowest BCUT2D eigenvalue weighted by atomic mass is 9.99. The molecule has 1 rings (SSSR count). The van der Waals surface area contributed by atoms with E-state index < -0.39 is 0 Å². The highest BCUT2D eigenvalue weighted by Gasteiger charge is 2.33. The summed E-state index contributed by atoms with van der Waals surface area (Å²) in [6, 6.07) is 2.44. The van der Waals surface area contributed by atoms with Crippen molar-refractivity contribution in [2.45, 2.75) is 30.4 Å². The average molecular weight is 185 g/mol. The lowest BCUT2D eigenvalue weighted by Crippen LogP contribution is -2.18. The van der Waals surface area contributed by atoms with Crippen molar-refractivity contribution in [3.8, 4) is 6.07 Å². The van der Waals surface area contributed by atoms with E-state index in [1.165, 1.54) is 6.42 Å². The maximum Gasteiger partial charge on any atom is 0.102 e. The fourth-order valence-corrected chi connectivity index (χ4v) is 2.86. The Labute approximate surface area is 78.3 Å². The highest BCUT2D eigenvalue weighted by molar-refractivity contribution is 8.01. The molecule has 1 unspecified atom stereocenters. The summed E-state index contributed by atoms with van der Waals surface area (Å²) in [5.74, 6) is 1.15. The molecule has 0 bridgehead atoms. The Morgan fingerprint density at radius 3 is 3.00 bits per heavy atom. The minimum atomic E-state index is -0.0709. The number of nitrogens with zero attached hydrogens (tertiary/aromatic N) is 1. The number of hydrogen-bond donors (Lipinski definition) is 0. The largest absolute Gasteiger partial charge is 0.385 e. The maximum atomic E-state index is 9.00. The Morgan fingerprint density at radius 1 is 1.67 bits per heavy atom. The van der Waals surface area contributed by atoms with E-state index >= 15 is 0 Å². The van der Waals surface area contributed by atoms with E-state index in [1.807, 2.05) is 11.8 Å². The summed E-state index contributed by atoms with van der Waals surface area (Å²) in [6.07, 6.45) is 4.27. The molecule has 0 aliphatic carbocycles. The fraction of sp³-hybridized carbons (Fsp3) is 0.889. The fourth-order valence-electron chi connectivity index (χ4n) is 1.54. The molecule has 0 radical (unpaired) electrons. The summed E-state index contributed by atoms with van der Waals surface area (Å²) in [6.45, 7) is 0.782. The smallest absolute Gasteiger partial charge is 0.102 e. The number of hydrogen-bond acceptors (Lipinski definition) is 3. The van der Waals surface area contributed by atoms with E-state index in [0.29, 0.717) is 0 Å². The van der Waals surface area contributed by atoms with Gasteiger partial charge >= 0.3 is 0 Å². The second-order valence-electron chi connectivity index (χ2n) is 3.15. The van der Waals surface area contributed by atoms with Crippen molar-refractivity contribution < 1.29 is 4.74 Å². The van der Waals surface area contributed by atoms with Gasteiger partial charge in [-0.1, -0.05) is 0 Å². The summed E-state index contributed by atoms with van der Waals surface area (Å²) < 4.78 is 4.90.